The summed E-state index contributed by atoms with van der Waals surface area (Å²) in [6.07, 6.45) is 9.00. The van der Waals surface area contributed by atoms with Crippen LogP contribution in [0.2, 0.25) is 0 Å². The lowest BCUT2D eigenvalue weighted by molar-refractivity contribution is -0.384. The monoisotopic (exact) mass is 300 g/mol. The zero-order valence-corrected chi connectivity index (χ0v) is 12.6. The number of hydrogen-bond acceptors (Lipinski definition) is 4. The molecule has 3 aliphatic rings. The fourth-order valence-electron chi connectivity index (χ4n) is 4.07. The van der Waals surface area contributed by atoms with Gasteiger partial charge in [0.15, 0.2) is 5.72 Å². The molecule has 1 atom stereocenters. The maximum atomic E-state index is 11.0. The molecule has 4 rings (SSSR count). The second-order valence-corrected chi connectivity index (χ2v) is 6.44. The summed E-state index contributed by atoms with van der Waals surface area (Å²) in [5.74, 6) is 0.781. The summed E-state index contributed by atoms with van der Waals surface area (Å²) in [4.78, 5) is 13.1. The molecule has 1 saturated carbocycles. The van der Waals surface area contributed by atoms with Crippen LogP contribution in [-0.2, 0) is 0 Å². The largest absolute Gasteiger partial charge is 0.468 e. The summed E-state index contributed by atoms with van der Waals surface area (Å²) >= 11 is 0. The van der Waals surface area contributed by atoms with Crippen molar-refractivity contribution in [2.75, 3.05) is 13.1 Å². The molecule has 1 aliphatic carbocycles. The Morgan fingerprint density at radius 1 is 1.18 bits per heavy atom. The van der Waals surface area contributed by atoms with Gasteiger partial charge in [0, 0.05) is 37.2 Å². The normalized spacial score (nSPS) is 27.5. The van der Waals surface area contributed by atoms with Crippen LogP contribution in [0, 0.1) is 10.1 Å². The first-order chi connectivity index (χ1) is 10.7. The molecular weight excluding hydrogens is 280 g/mol. The maximum Gasteiger partial charge on any atom is 0.270 e. The average molecular weight is 300 g/mol. The third-order valence-corrected chi connectivity index (χ3v) is 5.14. The van der Waals surface area contributed by atoms with Crippen LogP contribution in [-0.4, -0.2) is 28.6 Å². The molecule has 22 heavy (non-hydrogen) atoms. The van der Waals surface area contributed by atoms with Crippen LogP contribution in [0.15, 0.2) is 23.8 Å². The number of hydrogen-bond donors (Lipinski definition) is 0. The summed E-state index contributed by atoms with van der Waals surface area (Å²) < 4.78 is 6.48. The van der Waals surface area contributed by atoms with Crippen LogP contribution in [0.5, 0.6) is 5.75 Å². The quantitative estimate of drug-likeness (QED) is 0.617. The van der Waals surface area contributed by atoms with Crippen LogP contribution in [0.4, 0.5) is 5.69 Å². The van der Waals surface area contributed by atoms with Gasteiger partial charge in [0.2, 0.25) is 0 Å². The fourth-order valence-corrected chi connectivity index (χ4v) is 4.07. The van der Waals surface area contributed by atoms with Crippen LogP contribution in [0.25, 0.3) is 6.08 Å². The van der Waals surface area contributed by atoms with E-state index in [0.717, 1.165) is 37.2 Å². The molecule has 116 valence electrons. The highest BCUT2D eigenvalue weighted by molar-refractivity contribution is 5.67. The van der Waals surface area contributed by atoms with Crippen LogP contribution in [0.1, 0.15) is 44.1 Å². The third kappa shape index (κ3) is 2.03. The van der Waals surface area contributed by atoms with Crippen molar-refractivity contribution < 1.29 is 9.66 Å². The van der Waals surface area contributed by atoms with Crippen molar-refractivity contribution in [1.29, 1.82) is 0 Å². The molecule has 1 saturated heterocycles. The van der Waals surface area contributed by atoms with E-state index in [1.807, 2.05) is 0 Å². The van der Waals surface area contributed by atoms with Gasteiger partial charge in [0.25, 0.3) is 5.69 Å². The smallest absolute Gasteiger partial charge is 0.270 e. The molecule has 1 aromatic rings. The van der Waals surface area contributed by atoms with Gasteiger partial charge in [-0.2, -0.15) is 0 Å². The Kier molecular flexibility index (Phi) is 3.18. The second-order valence-electron chi connectivity index (χ2n) is 6.44. The molecule has 0 spiro atoms. The third-order valence-electron chi connectivity index (χ3n) is 5.14. The molecule has 1 aromatic carbocycles. The molecule has 5 nitrogen and oxygen atoms in total. The van der Waals surface area contributed by atoms with E-state index in [1.165, 1.54) is 37.3 Å². The second kappa shape index (κ2) is 5.09. The molecular formula is C17H20N2O3. The van der Waals surface area contributed by atoms with Crippen molar-refractivity contribution >= 4 is 11.8 Å². The predicted octanol–water partition coefficient (Wildman–Crippen LogP) is 3.74. The molecule has 0 bridgehead atoms. The molecule has 0 N–H and O–H groups in total. The molecule has 2 fully saturated rings. The minimum atomic E-state index is -0.345. The Morgan fingerprint density at radius 3 is 2.77 bits per heavy atom. The minimum Gasteiger partial charge on any atom is -0.468 e. The zero-order chi connectivity index (χ0) is 15.2. The Morgan fingerprint density at radius 2 is 2.00 bits per heavy atom. The highest BCUT2D eigenvalue weighted by atomic mass is 16.6. The van der Waals surface area contributed by atoms with Crippen LogP contribution >= 0.6 is 0 Å². The molecule has 5 heteroatoms. The number of likely N-dealkylation sites (tertiary alicyclic amines) is 1. The fraction of sp³-hybridized carbons (Fsp3) is 0.529. The van der Waals surface area contributed by atoms with E-state index in [4.69, 9.17) is 4.74 Å². The van der Waals surface area contributed by atoms with Gasteiger partial charge in [0.1, 0.15) is 5.75 Å². The summed E-state index contributed by atoms with van der Waals surface area (Å²) in [6, 6.07) is 4.93. The van der Waals surface area contributed by atoms with E-state index in [0.29, 0.717) is 0 Å². The molecule has 0 amide bonds. The van der Waals surface area contributed by atoms with E-state index in [-0.39, 0.29) is 16.3 Å². The number of nitro groups is 1. The predicted molar refractivity (Wildman–Crippen MR) is 83.7 cm³/mol. The van der Waals surface area contributed by atoms with Gasteiger partial charge in [-0.3, -0.25) is 15.0 Å². The van der Waals surface area contributed by atoms with Gasteiger partial charge in [-0.15, -0.1) is 0 Å². The number of fused-ring (bicyclic) bond motifs is 2. The van der Waals surface area contributed by atoms with Gasteiger partial charge >= 0.3 is 0 Å². The van der Waals surface area contributed by atoms with E-state index in [9.17, 15) is 10.1 Å². The number of nitrogens with zero attached hydrogens (tertiary/aromatic N) is 2. The Bertz CT molecular complexity index is 649. The first kappa shape index (κ1) is 13.8. The zero-order valence-electron chi connectivity index (χ0n) is 12.6. The number of rotatable bonds is 2. The van der Waals surface area contributed by atoms with E-state index in [1.54, 1.807) is 12.1 Å². The van der Waals surface area contributed by atoms with Gasteiger partial charge in [-0.1, -0.05) is 0 Å². The Labute approximate surface area is 129 Å². The van der Waals surface area contributed by atoms with Gasteiger partial charge in [0.05, 0.1) is 4.92 Å². The van der Waals surface area contributed by atoms with Crippen molar-refractivity contribution in [3.05, 3.63) is 39.4 Å². The van der Waals surface area contributed by atoms with Crippen LogP contribution < -0.4 is 4.74 Å². The molecule has 0 aromatic heterocycles. The first-order valence-corrected chi connectivity index (χ1v) is 8.13. The average Bonchev–Trinajstić information content (AvgIpc) is 3.07. The molecule has 2 aliphatic heterocycles. The molecule has 0 radical (unpaired) electrons. The highest BCUT2D eigenvalue weighted by Crippen LogP contribution is 2.47. The Balaban J connectivity index is 1.78. The SMILES string of the molecule is O=[N+]([O-])c1ccc2c(c1)C=C1CCCC[C@]1(N1CCCC1)O2. The number of ether oxygens (including phenoxy) is 1. The molecule has 2 heterocycles. The van der Waals surface area contributed by atoms with Crippen molar-refractivity contribution in [2.24, 2.45) is 0 Å². The number of non-ortho nitro benzene ring substituents is 1. The first-order valence-electron chi connectivity index (χ1n) is 8.13. The Hall–Kier alpha value is -1.88. The summed E-state index contributed by atoms with van der Waals surface area (Å²) in [6.45, 7) is 2.17. The van der Waals surface area contributed by atoms with E-state index >= 15 is 0 Å². The van der Waals surface area contributed by atoms with Crippen molar-refractivity contribution in [1.82, 2.24) is 4.90 Å². The maximum absolute atomic E-state index is 11.0. The summed E-state index contributed by atoms with van der Waals surface area (Å²) in [5, 5.41) is 11.0. The van der Waals surface area contributed by atoms with E-state index in [2.05, 4.69) is 11.0 Å². The number of nitro benzene ring substituents is 1. The van der Waals surface area contributed by atoms with Gasteiger partial charge in [-0.05, 0) is 49.8 Å². The lowest BCUT2D eigenvalue weighted by atomic mass is 9.82. The summed E-state index contributed by atoms with van der Waals surface area (Å²) in [5.41, 5.74) is 1.98. The lowest BCUT2D eigenvalue weighted by Crippen LogP contribution is -2.55. The van der Waals surface area contributed by atoms with Gasteiger partial charge < -0.3 is 4.74 Å². The van der Waals surface area contributed by atoms with Crippen molar-refractivity contribution in [2.45, 2.75) is 44.2 Å². The highest BCUT2D eigenvalue weighted by Gasteiger charge is 2.47. The van der Waals surface area contributed by atoms with Gasteiger partial charge in [-0.25, -0.2) is 0 Å². The summed E-state index contributed by atoms with van der Waals surface area (Å²) in [7, 11) is 0. The van der Waals surface area contributed by atoms with Crippen LogP contribution in [0.3, 0.4) is 0 Å². The number of benzene rings is 1. The standard InChI is InChI=1S/C17H20N2O3/c20-19(21)15-6-7-16-13(12-15)11-14-5-1-2-8-17(14,22-16)18-9-3-4-10-18/h6-7,11-12H,1-5,8-10H2/t17-/m0/s1. The topological polar surface area (TPSA) is 55.6 Å². The van der Waals surface area contributed by atoms with E-state index < -0.39 is 0 Å². The minimum absolute atomic E-state index is 0.128. The van der Waals surface area contributed by atoms with Crippen molar-refractivity contribution in [3.63, 3.8) is 0 Å². The van der Waals surface area contributed by atoms with Crippen molar-refractivity contribution in [3.8, 4) is 5.75 Å². The lowest BCUT2D eigenvalue weighted by Gasteiger charge is -2.48. The molecule has 0 unspecified atom stereocenters.